The Morgan fingerprint density at radius 1 is 0.929 bits per heavy atom. The van der Waals surface area contributed by atoms with Gasteiger partial charge in [0.25, 0.3) is 5.91 Å². The monoisotopic (exact) mass is 584 g/mol. The molecule has 1 saturated heterocycles. The molecule has 0 saturated carbocycles. The maximum Gasteiger partial charge on any atom is 0.263 e. The number of hydrogen-bond acceptors (Lipinski definition) is 5. The minimum Gasteiger partial charge on any atom is -0.341 e. The third kappa shape index (κ3) is 5.81. The fraction of sp³-hybridized carbons (Fsp3) is 0.273. The lowest BCUT2D eigenvalue weighted by atomic mass is 9.90. The normalized spacial score (nSPS) is 17.3. The van der Waals surface area contributed by atoms with E-state index in [9.17, 15) is 18.0 Å². The fourth-order valence-corrected chi connectivity index (χ4v) is 7.33. The van der Waals surface area contributed by atoms with Crippen LogP contribution in [0.5, 0.6) is 0 Å². The lowest BCUT2D eigenvalue weighted by molar-refractivity contribution is -0.131. The summed E-state index contributed by atoms with van der Waals surface area (Å²) >= 11 is 0. The van der Waals surface area contributed by atoms with Gasteiger partial charge >= 0.3 is 0 Å². The maximum atomic E-state index is 14.1. The summed E-state index contributed by atoms with van der Waals surface area (Å²) in [4.78, 5) is 29.8. The third-order valence-electron chi connectivity index (χ3n) is 8.08. The van der Waals surface area contributed by atoms with Gasteiger partial charge in [-0.15, -0.1) is 0 Å². The molecule has 3 N–H and O–H groups in total. The van der Waals surface area contributed by atoms with E-state index in [1.165, 1.54) is 0 Å². The number of carbonyl (C=O) groups is 2. The zero-order chi connectivity index (χ0) is 29.9. The number of para-hydroxylation sites is 1. The molecule has 2 atom stereocenters. The Hall–Kier alpha value is -4.05. The summed E-state index contributed by atoms with van der Waals surface area (Å²) in [6.45, 7) is 4.75. The molecule has 4 aromatic carbocycles. The highest BCUT2D eigenvalue weighted by Crippen LogP contribution is 2.37. The molecular weight excluding hydrogens is 548 g/mol. The molecule has 0 spiro atoms. The zero-order valence-electron chi connectivity index (χ0n) is 23.9. The van der Waals surface area contributed by atoms with Crippen LogP contribution in [0, 0.1) is 12.8 Å². The SMILES string of the molecule is CC[C@H]1CN(C(=O)CN)CC[C@@H]1NS(=O)(=O)c1ccc(N(C(=O)c2ccccc2C)c2ccccc2)c2ccccc12. The van der Waals surface area contributed by atoms with E-state index >= 15 is 0 Å². The van der Waals surface area contributed by atoms with Gasteiger partial charge in [-0.2, -0.15) is 0 Å². The van der Waals surface area contributed by atoms with Crippen molar-refractivity contribution in [1.82, 2.24) is 9.62 Å². The lowest BCUT2D eigenvalue weighted by Crippen LogP contribution is -2.53. The quantitative estimate of drug-likeness (QED) is 0.303. The van der Waals surface area contributed by atoms with Gasteiger partial charge in [-0.3, -0.25) is 14.5 Å². The summed E-state index contributed by atoms with van der Waals surface area (Å²) in [6.07, 6.45) is 1.22. The summed E-state index contributed by atoms with van der Waals surface area (Å²) in [6, 6.07) is 27.0. The Morgan fingerprint density at radius 2 is 1.60 bits per heavy atom. The van der Waals surface area contributed by atoms with Crippen molar-refractivity contribution in [2.45, 2.75) is 37.6 Å². The molecule has 1 aliphatic heterocycles. The number of aryl methyl sites for hydroxylation is 1. The van der Waals surface area contributed by atoms with Crippen molar-refractivity contribution in [2.24, 2.45) is 11.7 Å². The van der Waals surface area contributed by atoms with Gasteiger partial charge in [-0.05, 0) is 55.2 Å². The summed E-state index contributed by atoms with van der Waals surface area (Å²) in [5, 5.41) is 1.16. The largest absolute Gasteiger partial charge is 0.341 e. The van der Waals surface area contributed by atoms with Crippen LogP contribution < -0.4 is 15.4 Å². The van der Waals surface area contributed by atoms with Crippen LogP contribution in [0.25, 0.3) is 10.8 Å². The molecule has 8 nitrogen and oxygen atoms in total. The third-order valence-corrected chi connectivity index (χ3v) is 9.62. The number of fused-ring (bicyclic) bond motifs is 1. The number of likely N-dealkylation sites (tertiary alicyclic amines) is 1. The number of carbonyl (C=O) groups excluding carboxylic acids is 2. The molecule has 9 heteroatoms. The van der Waals surface area contributed by atoms with Crippen molar-refractivity contribution in [1.29, 1.82) is 0 Å². The smallest absolute Gasteiger partial charge is 0.263 e. The molecule has 0 aromatic heterocycles. The lowest BCUT2D eigenvalue weighted by Gasteiger charge is -2.38. The number of benzene rings is 4. The predicted octanol–water partition coefficient (Wildman–Crippen LogP) is 4.99. The zero-order valence-corrected chi connectivity index (χ0v) is 24.7. The van der Waals surface area contributed by atoms with E-state index < -0.39 is 10.0 Å². The first-order valence-corrected chi connectivity index (χ1v) is 15.7. The second-order valence-corrected chi connectivity index (χ2v) is 12.3. The average Bonchev–Trinajstić information content (AvgIpc) is 3.01. The number of nitrogens with two attached hydrogens (primary N) is 1. The number of sulfonamides is 1. The van der Waals surface area contributed by atoms with E-state index in [1.54, 1.807) is 40.1 Å². The van der Waals surface area contributed by atoms with Crippen LogP contribution in [-0.4, -0.2) is 50.8 Å². The van der Waals surface area contributed by atoms with Gasteiger partial charge in [0.1, 0.15) is 0 Å². The van der Waals surface area contributed by atoms with Crippen LogP contribution in [0.15, 0.2) is 95.9 Å². The minimum absolute atomic E-state index is 0.0325. The summed E-state index contributed by atoms with van der Waals surface area (Å²) in [7, 11) is -3.94. The highest BCUT2D eigenvalue weighted by atomic mass is 32.2. The Bertz CT molecular complexity index is 1710. The van der Waals surface area contributed by atoms with Crippen LogP contribution in [0.1, 0.15) is 35.7 Å². The van der Waals surface area contributed by atoms with Gasteiger partial charge in [-0.25, -0.2) is 13.1 Å². The van der Waals surface area contributed by atoms with Crippen molar-refractivity contribution in [3.63, 3.8) is 0 Å². The predicted molar refractivity (Wildman–Crippen MR) is 166 cm³/mol. The van der Waals surface area contributed by atoms with Gasteiger partial charge in [0.05, 0.1) is 17.1 Å². The number of amides is 2. The summed E-state index contributed by atoms with van der Waals surface area (Å²) in [5.41, 5.74) is 8.23. The Kier molecular flexibility index (Phi) is 8.72. The van der Waals surface area contributed by atoms with E-state index in [0.717, 1.165) is 5.56 Å². The molecule has 0 bridgehead atoms. The van der Waals surface area contributed by atoms with E-state index in [1.807, 2.05) is 74.5 Å². The van der Waals surface area contributed by atoms with Crippen LogP contribution in [-0.2, 0) is 14.8 Å². The minimum atomic E-state index is -3.94. The van der Waals surface area contributed by atoms with Crippen molar-refractivity contribution in [3.8, 4) is 0 Å². The highest BCUT2D eigenvalue weighted by molar-refractivity contribution is 7.89. The average molecular weight is 585 g/mol. The molecule has 4 aromatic rings. The van der Waals surface area contributed by atoms with E-state index in [0.29, 0.717) is 53.6 Å². The second kappa shape index (κ2) is 12.4. The van der Waals surface area contributed by atoms with Crippen LogP contribution in [0.4, 0.5) is 11.4 Å². The second-order valence-electron chi connectivity index (χ2n) is 10.6. The maximum absolute atomic E-state index is 14.1. The van der Waals surface area contributed by atoms with Crippen molar-refractivity contribution in [3.05, 3.63) is 102 Å². The molecule has 1 heterocycles. The fourth-order valence-electron chi connectivity index (χ4n) is 5.78. The molecule has 42 heavy (non-hydrogen) atoms. The number of piperidine rings is 1. The molecule has 0 unspecified atom stereocenters. The van der Waals surface area contributed by atoms with Crippen LogP contribution in [0.3, 0.4) is 0 Å². The van der Waals surface area contributed by atoms with E-state index in [2.05, 4.69) is 4.72 Å². The number of anilines is 2. The number of nitrogens with one attached hydrogen (secondary N) is 1. The first kappa shape index (κ1) is 29.4. The Balaban J connectivity index is 1.56. The molecular formula is C33H36N4O4S. The summed E-state index contributed by atoms with van der Waals surface area (Å²) in [5.74, 6) is -0.364. The number of hydrogen-bond donors (Lipinski definition) is 2. The molecule has 0 aliphatic carbocycles. The van der Waals surface area contributed by atoms with Crippen molar-refractivity contribution >= 4 is 44.0 Å². The first-order chi connectivity index (χ1) is 20.2. The summed E-state index contributed by atoms with van der Waals surface area (Å²) < 4.78 is 30.8. The number of rotatable bonds is 8. The molecule has 1 aliphatic rings. The molecule has 218 valence electrons. The Labute approximate surface area is 247 Å². The molecule has 1 fully saturated rings. The van der Waals surface area contributed by atoms with Crippen molar-refractivity contribution < 1.29 is 18.0 Å². The standard InChI is InChI=1S/C33H36N4O4S/c1-3-24-22-36(32(38)21-34)20-19-29(24)35-42(40,41)31-18-17-30(27-15-9-10-16-28(27)31)37(25-12-5-4-6-13-25)33(39)26-14-8-7-11-23(26)2/h4-18,24,29,35H,3,19-22,34H2,1-2H3/t24-,29-/m0/s1. The number of nitrogens with zero attached hydrogens (tertiary/aromatic N) is 2. The molecule has 2 amide bonds. The van der Waals surface area contributed by atoms with Gasteiger partial charge in [0.15, 0.2) is 0 Å². The van der Waals surface area contributed by atoms with Gasteiger partial charge in [-0.1, -0.05) is 74.0 Å². The first-order valence-electron chi connectivity index (χ1n) is 14.2. The van der Waals surface area contributed by atoms with E-state index in [4.69, 9.17) is 5.73 Å². The highest BCUT2D eigenvalue weighted by Gasteiger charge is 2.34. The molecule has 0 radical (unpaired) electrons. The van der Waals surface area contributed by atoms with Crippen molar-refractivity contribution in [2.75, 3.05) is 24.5 Å². The van der Waals surface area contributed by atoms with Crippen LogP contribution >= 0.6 is 0 Å². The molecule has 5 rings (SSSR count). The van der Waals surface area contributed by atoms with E-state index in [-0.39, 0.29) is 35.2 Å². The Morgan fingerprint density at radius 3 is 2.29 bits per heavy atom. The topological polar surface area (TPSA) is 113 Å². The van der Waals surface area contributed by atoms with Gasteiger partial charge in [0, 0.05) is 41.2 Å². The van der Waals surface area contributed by atoms with Gasteiger partial charge in [0.2, 0.25) is 15.9 Å². The van der Waals surface area contributed by atoms with Gasteiger partial charge < -0.3 is 10.6 Å². The van der Waals surface area contributed by atoms with Crippen LogP contribution in [0.2, 0.25) is 0 Å².